The summed E-state index contributed by atoms with van der Waals surface area (Å²) in [5.74, 6) is 1.59. The fourth-order valence-corrected chi connectivity index (χ4v) is 3.70. The van der Waals surface area contributed by atoms with Crippen molar-refractivity contribution in [3.8, 4) is 11.3 Å². The van der Waals surface area contributed by atoms with Crippen molar-refractivity contribution in [3.05, 3.63) is 77.1 Å². The molecule has 1 aromatic heterocycles. The number of nitrogens with one attached hydrogen (secondary N) is 1. The number of fused-ring (bicyclic) bond motifs is 1. The van der Waals surface area contributed by atoms with Gasteiger partial charge in [-0.3, -0.25) is 0 Å². The molecule has 0 radical (unpaired) electrons. The van der Waals surface area contributed by atoms with Crippen LogP contribution in [0.4, 0.5) is 5.82 Å². The first-order valence-electron chi connectivity index (χ1n) is 9.13. The van der Waals surface area contributed by atoms with Gasteiger partial charge in [-0.05, 0) is 48.9 Å². The van der Waals surface area contributed by atoms with Crippen LogP contribution < -0.4 is 5.32 Å². The number of aliphatic hydroxyl groups is 1. The minimum absolute atomic E-state index is 0.0296. The molecule has 1 heterocycles. The molecule has 1 aliphatic carbocycles. The van der Waals surface area contributed by atoms with Gasteiger partial charge in [0.25, 0.3) is 0 Å². The molecule has 1 unspecified atom stereocenters. The van der Waals surface area contributed by atoms with E-state index < -0.39 is 0 Å². The van der Waals surface area contributed by atoms with Gasteiger partial charge in [0.2, 0.25) is 0 Å². The lowest BCUT2D eigenvalue weighted by Gasteiger charge is -2.27. The van der Waals surface area contributed by atoms with E-state index in [1.165, 1.54) is 17.5 Å². The molecule has 2 aromatic carbocycles. The maximum absolute atomic E-state index is 9.38. The van der Waals surface area contributed by atoms with Crippen molar-refractivity contribution >= 4 is 5.82 Å². The summed E-state index contributed by atoms with van der Waals surface area (Å²) in [7, 11) is 0. The number of aliphatic hydroxyl groups excluding tert-OH is 1. The lowest BCUT2D eigenvalue weighted by molar-refractivity contribution is 0.282. The van der Waals surface area contributed by atoms with Gasteiger partial charge >= 0.3 is 0 Å². The molecule has 0 spiro atoms. The van der Waals surface area contributed by atoms with E-state index in [4.69, 9.17) is 0 Å². The van der Waals surface area contributed by atoms with E-state index >= 15 is 0 Å². The van der Waals surface area contributed by atoms with Gasteiger partial charge in [-0.25, -0.2) is 9.97 Å². The van der Waals surface area contributed by atoms with Crippen molar-refractivity contribution in [2.75, 3.05) is 5.32 Å². The van der Waals surface area contributed by atoms with Crippen molar-refractivity contribution < 1.29 is 5.11 Å². The Balaban J connectivity index is 1.65. The van der Waals surface area contributed by atoms with Crippen LogP contribution in [0.2, 0.25) is 0 Å². The van der Waals surface area contributed by atoms with Crippen LogP contribution in [0.3, 0.4) is 0 Å². The average Bonchev–Trinajstić information content (AvgIpc) is 2.68. The smallest absolute Gasteiger partial charge is 0.130 e. The van der Waals surface area contributed by atoms with Gasteiger partial charge in [-0.2, -0.15) is 0 Å². The summed E-state index contributed by atoms with van der Waals surface area (Å²) >= 11 is 0. The molecule has 0 saturated carbocycles. The summed E-state index contributed by atoms with van der Waals surface area (Å²) in [6, 6.07) is 18.8. The number of benzene rings is 2. The second-order valence-electron chi connectivity index (χ2n) is 6.83. The highest BCUT2D eigenvalue weighted by Crippen LogP contribution is 2.32. The molecule has 132 valence electrons. The number of rotatable bonds is 4. The first kappa shape index (κ1) is 16.7. The molecule has 0 saturated heterocycles. The van der Waals surface area contributed by atoms with Crippen LogP contribution in [0.1, 0.15) is 41.4 Å². The van der Waals surface area contributed by atoms with Crippen LogP contribution in [0.5, 0.6) is 0 Å². The topological polar surface area (TPSA) is 58.0 Å². The van der Waals surface area contributed by atoms with Gasteiger partial charge in [0.05, 0.1) is 18.3 Å². The zero-order valence-electron chi connectivity index (χ0n) is 14.9. The van der Waals surface area contributed by atoms with Gasteiger partial charge in [0, 0.05) is 11.6 Å². The normalized spacial score (nSPS) is 16.2. The van der Waals surface area contributed by atoms with Crippen molar-refractivity contribution in [1.29, 1.82) is 0 Å². The first-order chi connectivity index (χ1) is 12.7. The molecule has 0 bridgehead atoms. The molecule has 4 rings (SSSR count). The summed E-state index contributed by atoms with van der Waals surface area (Å²) in [5, 5.41) is 13.0. The number of nitrogens with zero attached hydrogens (tertiary/aromatic N) is 2. The van der Waals surface area contributed by atoms with Gasteiger partial charge in [-0.1, -0.05) is 42.5 Å². The summed E-state index contributed by atoms with van der Waals surface area (Å²) in [6.45, 7) is 1.95. The highest BCUT2D eigenvalue weighted by Gasteiger charge is 2.20. The van der Waals surface area contributed by atoms with Crippen LogP contribution in [-0.4, -0.2) is 15.1 Å². The SMILES string of the molecule is Cc1nc(NC2CCCc3ccccc32)cc(-c2cccc(CO)c2)n1. The molecular formula is C22H23N3O. The highest BCUT2D eigenvalue weighted by molar-refractivity contribution is 5.63. The predicted octanol–water partition coefficient (Wildman–Crippen LogP) is 4.43. The van der Waals surface area contributed by atoms with Gasteiger partial charge in [0.1, 0.15) is 11.6 Å². The molecule has 0 fully saturated rings. The third-order valence-electron chi connectivity index (χ3n) is 4.93. The third-order valence-corrected chi connectivity index (χ3v) is 4.93. The van der Waals surface area contributed by atoms with E-state index in [1.54, 1.807) is 0 Å². The number of anilines is 1. The predicted molar refractivity (Wildman–Crippen MR) is 104 cm³/mol. The zero-order chi connectivity index (χ0) is 17.9. The fourth-order valence-electron chi connectivity index (χ4n) is 3.70. The Morgan fingerprint density at radius 2 is 1.96 bits per heavy atom. The van der Waals surface area contributed by atoms with Crippen LogP contribution in [0.15, 0.2) is 54.6 Å². The van der Waals surface area contributed by atoms with E-state index in [1.807, 2.05) is 37.3 Å². The minimum atomic E-state index is 0.0296. The average molecular weight is 345 g/mol. The van der Waals surface area contributed by atoms with Crippen molar-refractivity contribution in [2.45, 2.75) is 38.8 Å². The largest absolute Gasteiger partial charge is 0.392 e. The van der Waals surface area contributed by atoms with Crippen molar-refractivity contribution in [1.82, 2.24) is 9.97 Å². The zero-order valence-corrected chi connectivity index (χ0v) is 14.9. The fraction of sp³-hybridized carbons (Fsp3) is 0.273. The summed E-state index contributed by atoms with van der Waals surface area (Å²) in [4.78, 5) is 9.18. The van der Waals surface area contributed by atoms with Crippen LogP contribution in [0, 0.1) is 6.92 Å². The van der Waals surface area contributed by atoms with Crippen LogP contribution in [0.25, 0.3) is 11.3 Å². The van der Waals surface area contributed by atoms with E-state index in [2.05, 4.69) is 39.6 Å². The van der Waals surface area contributed by atoms with Gasteiger partial charge in [0.15, 0.2) is 0 Å². The third kappa shape index (κ3) is 3.46. The van der Waals surface area contributed by atoms with Gasteiger partial charge < -0.3 is 10.4 Å². The molecule has 1 aliphatic rings. The molecule has 26 heavy (non-hydrogen) atoms. The Hall–Kier alpha value is -2.72. The molecule has 4 nitrogen and oxygen atoms in total. The maximum atomic E-state index is 9.38. The first-order valence-corrected chi connectivity index (χ1v) is 9.13. The van der Waals surface area contributed by atoms with Crippen LogP contribution >= 0.6 is 0 Å². The quantitative estimate of drug-likeness (QED) is 0.734. The number of aryl methyl sites for hydroxylation is 2. The Kier molecular flexibility index (Phi) is 4.67. The van der Waals surface area contributed by atoms with E-state index in [0.29, 0.717) is 0 Å². The molecular weight excluding hydrogens is 322 g/mol. The van der Waals surface area contributed by atoms with Gasteiger partial charge in [-0.15, -0.1) is 0 Å². The summed E-state index contributed by atoms with van der Waals surface area (Å²) in [6.07, 6.45) is 3.44. The molecule has 0 amide bonds. The number of aromatic nitrogens is 2. The lowest BCUT2D eigenvalue weighted by atomic mass is 9.88. The molecule has 1 atom stereocenters. The standard InChI is InChI=1S/C22H23N3O/c1-15-23-21(18-9-4-6-16(12-18)14-26)13-22(24-15)25-20-11-5-8-17-7-2-3-10-19(17)20/h2-4,6-7,9-10,12-13,20,26H,5,8,11,14H2,1H3,(H,23,24,25). The summed E-state index contributed by atoms with van der Waals surface area (Å²) in [5.41, 5.74) is 5.56. The minimum Gasteiger partial charge on any atom is -0.392 e. The highest BCUT2D eigenvalue weighted by atomic mass is 16.3. The van der Waals surface area contributed by atoms with Crippen molar-refractivity contribution in [3.63, 3.8) is 0 Å². The lowest BCUT2D eigenvalue weighted by Crippen LogP contribution is -2.18. The Morgan fingerprint density at radius 3 is 2.85 bits per heavy atom. The Bertz CT molecular complexity index is 923. The van der Waals surface area contributed by atoms with Crippen molar-refractivity contribution in [2.24, 2.45) is 0 Å². The second kappa shape index (κ2) is 7.26. The molecule has 3 aromatic rings. The Morgan fingerprint density at radius 1 is 1.08 bits per heavy atom. The van der Waals surface area contributed by atoms with Crippen LogP contribution in [-0.2, 0) is 13.0 Å². The second-order valence-corrected chi connectivity index (χ2v) is 6.83. The number of hydrogen-bond donors (Lipinski definition) is 2. The maximum Gasteiger partial charge on any atom is 0.130 e. The molecule has 2 N–H and O–H groups in total. The monoisotopic (exact) mass is 345 g/mol. The van der Waals surface area contributed by atoms with E-state index in [-0.39, 0.29) is 12.6 Å². The number of hydrogen-bond acceptors (Lipinski definition) is 4. The molecule has 0 aliphatic heterocycles. The van der Waals surface area contributed by atoms with E-state index in [0.717, 1.165) is 41.3 Å². The summed E-state index contributed by atoms with van der Waals surface area (Å²) < 4.78 is 0. The van der Waals surface area contributed by atoms with E-state index in [9.17, 15) is 5.11 Å². The molecule has 4 heteroatoms. The Labute approximate surface area is 154 Å².